The number of carbonyl (C=O) groups is 2. The Kier molecular flexibility index (Phi) is 12.3. The molecule has 51 heavy (non-hydrogen) atoms. The van der Waals surface area contributed by atoms with E-state index in [1.807, 2.05) is 72.9 Å². The van der Waals surface area contributed by atoms with Crippen LogP contribution in [-0.4, -0.2) is 56.2 Å². The van der Waals surface area contributed by atoms with Crippen molar-refractivity contribution in [2.24, 2.45) is 0 Å². The average molecular weight is 695 g/mol. The number of nitrogens with zero attached hydrogens (tertiary/aromatic N) is 3. The summed E-state index contributed by atoms with van der Waals surface area (Å²) in [7, 11) is 0. The first-order valence-corrected chi connectivity index (χ1v) is 16.5. The van der Waals surface area contributed by atoms with Crippen LogP contribution in [0.3, 0.4) is 0 Å². The van der Waals surface area contributed by atoms with E-state index in [2.05, 4.69) is 58.9 Å². The molecule has 0 fully saturated rings. The van der Waals surface area contributed by atoms with Gasteiger partial charge in [0.25, 0.3) is 0 Å². The van der Waals surface area contributed by atoms with Crippen molar-refractivity contribution in [3.8, 4) is 11.3 Å². The first-order chi connectivity index (χ1) is 24.6. The van der Waals surface area contributed by atoms with Crippen LogP contribution in [0.2, 0.25) is 0 Å². The molecular formula is C40H37F3N4O4. The van der Waals surface area contributed by atoms with Gasteiger partial charge in [-0.15, -0.1) is 0 Å². The number of nitrogens with one attached hydrogen (secondary N) is 1. The van der Waals surface area contributed by atoms with Gasteiger partial charge in [-0.3, -0.25) is 9.67 Å². The number of aliphatic carboxylic acids is 1. The van der Waals surface area contributed by atoms with Crippen LogP contribution in [0, 0.1) is 0 Å². The molecule has 0 spiro atoms. The predicted octanol–water partition coefficient (Wildman–Crippen LogP) is 7.94. The highest BCUT2D eigenvalue weighted by molar-refractivity contribution is 5.91. The molecule has 2 heterocycles. The fourth-order valence-electron chi connectivity index (χ4n) is 5.63. The van der Waals surface area contributed by atoms with E-state index in [9.17, 15) is 23.1 Å². The van der Waals surface area contributed by atoms with Crippen LogP contribution in [-0.2, 0) is 30.6 Å². The third kappa shape index (κ3) is 10.3. The third-order valence-corrected chi connectivity index (χ3v) is 8.21. The summed E-state index contributed by atoms with van der Waals surface area (Å²) in [6.07, 6.45) is 8.24. The van der Waals surface area contributed by atoms with Gasteiger partial charge in [-0.2, -0.15) is 18.3 Å². The Morgan fingerprint density at radius 1 is 0.804 bits per heavy atom. The SMILES string of the molecule is O=C(O)C(F)(F)F.O=C(O)c1c2c(nn1CCCNCCc1ccc(/C=C/c3ccccc3)cc1)-c1cc(/C=C/c3ccccc3)ncc1CC2. The molecule has 1 aliphatic carbocycles. The highest BCUT2D eigenvalue weighted by atomic mass is 19.4. The average Bonchev–Trinajstić information content (AvgIpc) is 3.52. The van der Waals surface area contributed by atoms with Crippen LogP contribution in [0.15, 0.2) is 97.2 Å². The Morgan fingerprint density at radius 3 is 1.98 bits per heavy atom. The lowest BCUT2D eigenvalue weighted by molar-refractivity contribution is -0.192. The van der Waals surface area contributed by atoms with E-state index in [-0.39, 0.29) is 0 Å². The van der Waals surface area contributed by atoms with Crippen LogP contribution in [0.5, 0.6) is 0 Å². The number of carboxylic acids is 2. The number of carboxylic acid groups (broad SMARTS) is 2. The highest BCUT2D eigenvalue weighted by Gasteiger charge is 2.38. The van der Waals surface area contributed by atoms with E-state index < -0.39 is 18.1 Å². The molecule has 0 radical (unpaired) electrons. The molecule has 6 rings (SSSR count). The van der Waals surface area contributed by atoms with Crippen molar-refractivity contribution in [2.45, 2.75) is 38.4 Å². The molecule has 0 atom stereocenters. The summed E-state index contributed by atoms with van der Waals surface area (Å²) in [4.78, 5) is 25.8. The molecule has 0 unspecified atom stereocenters. The minimum absolute atomic E-state index is 0.310. The van der Waals surface area contributed by atoms with Crippen molar-refractivity contribution in [1.29, 1.82) is 0 Å². The Hall–Kier alpha value is -5.81. The second-order valence-corrected chi connectivity index (χ2v) is 11.9. The lowest BCUT2D eigenvalue weighted by atomic mass is 9.89. The van der Waals surface area contributed by atoms with Crippen LogP contribution < -0.4 is 5.32 Å². The maximum Gasteiger partial charge on any atom is 0.490 e. The monoisotopic (exact) mass is 694 g/mol. The van der Waals surface area contributed by atoms with Gasteiger partial charge in [0.05, 0.1) is 11.4 Å². The zero-order valence-electron chi connectivity index (χ0n) is 27.7. The van der Waals surface area contributed by atoms with Gasteiger partial charge in [-0.1, -0.05) is 103 Å². The van der Waals surface area contributed by atoms with Crippen LogP contribution in [0.4, 0.5) is 13.2 Å². The summed E-state index contributed by atoms with van der Waals surface area (Å²) in [6.45, 7) is 2.20. The zero-order chi connectivity index (χ0) is 36.2. The first kappa shape index (κ1) is 36.5. The maximum absolute atomic E-state index is 12.3. The molecule has 1 aliphatic rings. The van der Waals surface area contributed by atoms with Gasteiger partial charge in [0.2, 0.25) is 0 Å². The van der Waals surface area contributed by atoms with Crippen molar-refractivity contribution in [3.05, 3.63) is 142 Å². The van der Waals surface area contributed by atoms with E-state index in [1.165, 1.54) is 16.7 Å². The molecule has 2 aromatic heterocycles. The number of hydrogen-bond donors (Lipinski definition) is 3. The van der Waals surface area contributed by atoms with Crippen LogP contribution >= 0.6 is 0 Å². The molecule has 0 aliphatic heterocycles. The number of pyridine rings is 1. The second-order valence-electron chi connectivity index (χ2n) is 11.9. The smallest absolute Gasteiger partial charge is 0.477 e. The number of fused-ring (bicyclic) bond motifs is 3. The fraction of sp³-hybridized carbons (Fsp3) is 0.200. The number of rotatable bonds is 12. The molecule has 3 N–H and O–H groups in total. The highest BCUT2D eigenvalue weighted by Crippen LogP contribution is 2.35. The number of aryl methyl sites for hydroxylation is 2. The van der Waals surface area contributed by atoms with E-state index in [1.54, 1.807) is 4.68 Å². The van der Waals surface area contributed by atoms with Gasteiger partial charge < -0.3 is 15.5 Å². The van der Waals surface area contributed by atoms with Gasteiger partial charge in [0, 0.05) is 23.9 Å². The summed E-state index contributed by atoms with van der Waals surface area (Å²) >= 11 is 0. The number of halogens is 3. The zero-order valence-corrected chi connectivity index (χ0v) is 27.7. The summed E-state index contributed by atoms with van der Waals surface area (Å²) < 4.78 is 33.4. The molecule has 0 saturated carbocycles. The summed E-state index contributed by atoms with van der Waals surface area (Å²) in [6, 6.07) is 31.1. The number of benzene rings is 3. The molecule has 5 aromatic rings. The fourth-order valence-corrected chi connectivity index (χ4v) is 5.63. The molecule has 11 heteroatoms. The number of aromatic carboxylic acids is 1. The predicted molar refractivity (Wildman–Crippen MR) is 192 cm³/mol. The lowest BCUT2D eigenvalue weighted by Gasteiger charge is -2.15. The Balaban J connectivity index is 0.000000654. The molecular weight excluding hydrogens is 657 g/mol. The van der Waals surface area contributed by atoms with Gasteiger partial charge >= 0.3 is 18.1 Å². The second kappa shape index (κ2) is 17.2. The molecule has 8 nitrogen and oxygen atoms in total. The summed E-state index contributed by atoms with van der Waals surface area (Å²) in [5, 5.41) is 25.6. The maximum atomic E-state index is 12.3. The van der Waals surface area contributed by atoms with Gasteiger partial charge in [-0.25, -0.2) is 9.59 Å². The first-order valence-electron chi connectivity index (χ1n) is 16.5. The molecule has 3 aromatic carbocycles. The summed E-state index contributed by atoms with van der Waals surface area (Å²) in [5.74, 6) is -3.68. The van der Waals surface area contributed by atoms with Gasteiger partial charge in [0.1, 0.15) is 5.69 Å². The van der Waals surface area contributed by atoms with Crippen molar-refractivity contribution in [3.63, 3.8) is 0 Å². The minimum Gasteiger partial charge on any atom is -0.477 e. The topological polar surface area (TPSA) is 117 Å². The lowest BCUT2D eigenvalue weighted by Crippen LogP contribution is -2.21. The van der Waals surface area contributed by atoms with E-state index in [0.29, 0.717) is 18.7 Å². The van der Waals surface area contributed by atoms with Crippen molar-refractivity contribution in [2.75, 3.05) is 13.1 Å². The normalized spacial score (nSPS) is 12.3. The third-order valence-electron chi connectivity index (χ3n) is 8.21. The Labute approximate surface area is 293 Å². The van der Waals surface area contributed by atoms with E-state index in [0.717, 1.165) is 66.0 Å². The van der Waals surface area contributed by atoms with Crippen LogP contribution in [0.1, 0.15) is 56.0 Å². The Morgan fingerprint density at radius 2 is 1.39 bits per heavy atom. The molecule has 0 amide bonds. The van der Waals surface area contributed by atoms with Gasteiger partial charge in [0.15, 0.2) is 0 Å². The summed E-state index contributed by atoms with van der Waals surface area (Å²) in [5.41, 5.74) is 9.58. The number of aromatic nitrogens is 3. The van der Waals surface area contributed by atoms with E-state index in [4.69, 9.17) is 15.0 Å². The van der Waals surface area contributed by atoms with Crippen molar-refractivity contribution >= 4 is 36.2 Å². The van der Waals surface area contributed by atoms with Crippen molar-refractivity contribution < 1.29 is 33.0 Å². The standard InChI is InChI=1S/C38H36N4O2.C2HF3O2/c43-38(44)37-34-21-19-32-27-40-33(20-18-29-10-5-2-6-11-29)26-35(32)36(34)41-42(37)25-7-23-39-24-22-31-16-14-30(15-17-31)13-12-28-8-3-1-4-9-28;3-2(4,5)1(6)7/h1-6,8-18,20,26-27,39H,7,19,21-25H2,(H,43,44);(H,6,7)/b13-12+,20-18+;. The molecule has 0 saturated heterocycles. The van der Waals surface area contributed by atoms with Crippen molar-refractivity contribution in [1.82, 2.24) is 20.1 Å². The van der Waals surface area contributed by atoms with Crippen LogP contribution in [0.25, 0.3) is 35.6 Å². The molecule has 0 bridgehead atoms. The largest absolute Gasteiger partial charge is 0.490 e. The number of hydrogen-bond acceptors (Lipinski definition) is 5. The Bertz CT molecular complexity index is 1990. The number of alkyl halides is 3. The minimum atomic E-state index is -5.08. The van der Waals surface area contributed by atoms with Gasteiger partial charge in [-0.05, 0) is 78.7 Å². The quantitative estimate of drug-likeness (QED) is 0.0897. The molecule has 262 valence electrons. The van der Waals surface area contributed by atoms with E-state index >= 15 is 0 Å².